The highest BCUT2D eigenvalue weighted by molar-refractivity contribution is 6.49. The zero-order chi connectivity index (χ0) is 20.7. The van der Waals surface area contributed by atoms with Crippen LogP contribution in [0, 0.1) is 5.92 Å². The van der Waals surface area contributed by atoms with E-state index < -0.39 is 5.91 Å². The van der Waals surface area contributed by atoms with Crippen molar-refractivity contribution < 1.29 is 9.59 Å². The second-order valence-corrected chi connectivity index (χ2v) is 8.67. The summed E-state index contributed by atoms with van der Waals surface area (Å²) in [6.07, 6.45) is 1.91. The molecule has 0 radical (unpaired) electrons. The molecule has 2 aliphatic rings. The van der Waals surface area contributed by atoms with Gasteiger partial charge < -0.3 is 4.90 Å². The fourth-order valence-electron chi connectivity index (χ4n) is 3.83. The molecule has 4 nitrogen and oxygen atoms in total. The van der Waals surface area contributed by atoms with E-state index >= 15 is 0 Å². The molecule has 29 heavy (non-hydrogen) atoms. The third kappa shape index (κ3) is 3.65. The van der Waals surface area contributed by atoms with Crippen LogP contribution in [0.25, 0.3) is 5.57 Å². The summed E-state index contributed by atoms with van der Waals surface area (Å²) < 4.78 is 0. The number of likely N-dealkylation sites (tertiary alicyclic amines) is 1. The van der Waals surface area contributed by atoms with E-state index in [0.29, 0.717) is 56.6 Å². The number of halogens is 3. The molecule has 0 unspecified atom stereocenters. The molecule has 150 valence electrons. The average molecular weight is 450 g/mol. The number of piperidine rings is 1. The number of nitrogens with zero attached hydrogens (tertiary/aromatic N) is 2. The van der Waals surface area contributed by atoms with E-state index in [9.17, 15) is 9.59 Å². The van der Waals surface area contributed by atoms with Crippen molar-refractivity contribution in [1.82, 2.24) is 4.90 Å². The van der Waals surface area contributed by atoms with E-state index in [0.717, 1.165) is 17.7 Å². The highest BCUT2D eigenvalue weighted by Gasteiger charge is 2.44. The lowest BCUT2D eigenvalue weighted by molar-refractivity contribution is -0.120. The number of carbonyl (C=O) groups excluding carboxylic acids is 2. The van der Waals surface area contributed by atoms with Crippen molar-refractivity contribution in [2.45, 2.75) is 19.8 Å². The molecule has 0 bridgehead atoms. The van der Waals surface area contributed by atoms with Crippen molar-refractivity contribution in [2.24, 2.45) is 5.92 Å². The first-order valence-electron chi connectivity index (χ1n) is 9.46. The lowest BCUT2D eigenvalue weighted by atomic mass is 9.97. The third-order valence-electron chi connectivity index (χ3n) is 5.45. The molecule has 2 aromatic carbocycles. The topological polar surface area (TPSA) is 40.6 Å². The lowest BCUT2D eigenvalue weighted by Crippen LogP contribution is -2.38. The van der Waals surface area contributed by atoms with Gasteiger partial charge in [-0.3, -0.25) is 9.59 Å². The van der Waals surface area contributed by atoms with E-state index in [-0.39, 0.29) is 5.91 Å². The summed E-state index contributed by atoms with van der Waals surface area (Å²) in [5.74, 6) is -0.221. The van der Waals surface area contributed by atoms with Gasteiger partial charge in [0.2, 0.25) is 0 Å². The van der Waals surface area contributed by atoms with Gasteiger partial charge >= 0.3 is 0 Å². The molecule has 2 heterocycles. The molecule has 0 aliphatic carbocycles. The monoisotopic (exact) mass is 448 g/mol. The van der Waals surface area contributed by atoms with Crippen molar-refractivity contribution in [3.8, 4) is 0 Å². The fourth-order valence-corrected chi connectivity index (χ4v) is 4.55. The third-order valence-corrected chi connectivity index (χ3v) is 6.32. The number of carbonyl (C=O) groups is 2. The van der Waals surface area contributed by atoms with Crippen molar-refractivity contribution >= 4 is 57.9 Å². The molecular formula is C22H19Cl3N2O2. The van der Waals surface area contributed by atoms with Gasteiger partial charge in [0.15, 0.2) is 0 Å². The van der Waals surface area contributed by atoms with Crippen LogP contribution in [-0.4, -0.2) is 29.8 Å². The number of amides is 2. The van der Waals surface area contributed by atoms with Crippen molar-refractivity contribution in [3.63, 3.8) is 0 Å². The smallest absolute Gasteiger partial charge is 0.282 e. The zero-order valence-electron chi connectivity index (χ0n) is 15.8. The lowest BCUT2D eigenvalue weighted by Gasteiger charge is -2.32. The van der Waals surface area contributed by atoms with Gasteiger partial charge in [-0.1, -0.05) is 59.9 Å². The number of hydrogen-bond donors (Lipinski definition) is 0. The minimum absolute atomic E-state index is 0.297. The van der Waals surface area contributed by atoms with Crippen LogP contribution in [0.3, 0.4) is 0 Å². The molecule has 2 aromatic rings. The number of imide groups is 1. The largest absolute Gasteiger partial charge is 0.366 e. The first kappa shape index (κ1) is 20.3. The van der Waals surface area contributed by atoms with Crippen LogP contribution < -0.4 is 4.90 Å². The highest BCUT2D eigenvalue weighted by atomic mass is 35.5. The van der Waals surface area contributed by atoms with Crippen molar-refractivity contribution in [1.29, 1.82) is 0 Å². The predicted octanol–water partition coefficient (Wildman–Crippen LogP) is 5.66. The fraction of sp³-hybridized carbons (Fsp3) is 0.273. The Labute approximate surface area is 184 Å². The Hall–Kier alpha value is -2.01. The summed E-state index contributed by atoms with van der Waals surface area (Å²) >= 11 is 18.8. The maximum absolute atomic E-state index is 13.5. The molecule has 0 N–H and O–H groups in total. The normalized spacial score (nSPS) is 18.2. The van der Waals surface area contributed by atoms with E-state index in [1.54, 1.807) is 42.5 Å². The molecule has 1 fully saturated rings. The number of benzene rings is 2. The van der Waals surface area contributed by atoms with Crippen molar-refractivity contribution in [3.05, 3.63) is 68.8 Å². The Morgan fingerprint density at radius 2 is 1.59 bits per heavy atom. The molecule has 0 atom stereocenters. The first-order chi connectivity index (χ1) is 13.9. The molecule has 1 saturated heterocycles. The maximum Gasteiger partial charge on any atom is 0.282 e. The van der Waals surface area contributed by atoms with Crippen LogP contribution in [0.4, 0.5) is 5.69 Å². The number of hydrogen-bond acceptors (Lipinski definition) is 3. The van der Waals surface area contributed by atoms with E-state index in [1.165, 1.54) is 0 Å². The Balaban J connectivity index is 1.86. The molecule has 0 saturated carbocycles. The number of rotatable bonds is 3. The highest BCUT2D eigenvalue weighted by Crippen LogP contribution is 2.40. The molecule has 0 spiro atoms. The number of para-hydroxylation sites is 1. The van der Waals surface area contributed by atoms with Gasteiger partial charge in [-0.15, -0.1) is 0 Å². The van der Waals surface area contributed by atoms with Gasteiger partial charge in [0.1, 0.15) is 5.70 Å². The average Bonchev–Trinajstić information content (AvgIpc) is 2.94. The maximum atomic E-state index is 13.5. The predicted molar refractivity (Wildman–Crippen MR) is 117 cm³/mol. The van der Waals surface area contributed by atoms with Gasteiger partial charge in [0, 0.05) is 23.7 Å². The standard InChI is InChI=1S/C22H19Cl3N2O2/c1-13-8-10-26(11-9-13)20-19(15-7-6-14(23)12-17(15)25)21(28)27(22(20)29)18-5-3-2-4-16(18)24/h2-7,12-13H,8-11H2,1H3. The molecule has 4 rings (SSSR count). The molecule has 2 amide bonds. The Kier molecular flexibility index (Phi) is 5.60. The van der Waals surface area contributed by atoms with E-state index in [2.05, 4.69) is 6.92 Å². The first-order valence-corrected chi connectivity index (χ1v) is 10.6. The van der Waals surface area contributed by atoms with Crippen LogP contribution in [0.5, 0.6) is 0 Å². The molecule has 7 heteroatoms. The SMILES string of the molecule is CC1CCN(C2=C(c3ccc(Cl)cc3Cl)C(=O)N(c3ccccc3Cl)C2=O)CC1. The zero-order valence-corrected chi connectivity index (χ0v) is 18.1. The number of anilines is 1. The quantitative estimate of drug-likeness (QED) is 0.567. The Morgan fingerprint density at radius 3 is 2.24 bits per heavy atom. The van der Waals surface area contributed by atoms with Crippen LogP contribution in [0.1, 0.15) is 25.3 Å². The summed E-state index contributed by atoms with van der Waals surface area (Å²) in [6, 6.07) is 11.8. The van der Waals surface area contributed by atoms with E-state index in [4.69, 9.17) is 34.8 Å². The summed E-state index contributed by atoms with van der Waals surface area (Å²) in [4.78, 5) is 30.1. The van der Waals surface area contributed by atoms with Gasteiger partial charge in [-0.2, -0.15) is 0 Å². The Bertz CT molecular complexity index is 1030. The van der Waals surface area contributed by atoms with Gasteiger partial charge in [-0.25, -0.2) is 4.90 Å². The van der Waals surface area contributed by atoms with Crippen LogP contribution >= 0.6 is 34.8 Å². The minimum Gasteiger partial charge on any atom is -0.366 e. The van der Waals surface area contributed by atoms with Gasteiger partial charge in [0.25, 0.3) is 11.8 Å². The van der Waals surface area contributed by atoms with Crippen LogP contribution in [-0.2, 0) is 9.59 Å². The summed E-state index contributed by atoms with van der Waals surface area (Å²) in [7, 11) is 0. The van der Waals surface area contributed by atoms with Gasteiger partial charge in [-0.05, 0) is 43.0 Å². The summed E-state index contributed by atoms with van der Waals surface area (Å²) in [5.41, 5.74) is 1.54. The molecular weight excluding hydrogens is 431 g/mol. The minimum atomic E-state index is -0.430. The van der Waals surface area contributed by atoms with E-state index in [1.807, 2.05) is 4.90 Å². The van der Waals surface area contributed by atoms with Gasteiger partial charge in [0.05, 0.1) is 21.3 Å². The Morgan fingerprint density at radius 1 is 0.897 bits per heavy atom. The molecule has 0 aromatic heterocycles. The van der Waals surface area contributed by atoms with Crippen LogP contribution in [0.2, 0.25) is 15.1 Å². The second kappa shape index (κ2) is 8.02. The second-order valence-electron chi connectivity index (χ2n) is 7.41. The van der Waals surface area contributed by atoms with Crippen molar-refractivity contribution in [2.75, 3.05) is 18.0 Å². The summed E-state index contributed by atoms with van der Waals surface area (Å²) in [5, 5.41) is 1.13. The van der Waals surface area contributed by atoms with Crippen LogP contribution in [0.15, 0.2) is 48.2 Å². The summed E-state index contributed by atoms with van der Waals surface area (Å²) in [6.45, 7) is 3.61. The molecule has 2 aliphatic heterocycles.